The van der Waals surface area contributed by atoms with E-state index in [0.29, 0.717) is 25.5 Å². The molecular formula is C31H37N3O3. The molecule has 4 aliphatic carbocycles. The van der Waals surface area contributed by atoms with E-state index in [1.54, 1.807) is 0 Å². The normalized spacial score (nSPS) is 26.8. The van der Waals surface area contributed by atoms with Gasteiger partial charge in [-0.05, 0) is 91.5 Å². The number of carbonyl (C=O) groups excluding carboxylic acids is 1. The van der Waals surface area contributed by atoms with Gasteiger partial charge < -0.3 is 20.5 Å². The number of ether oxygens (including phenoxy) is 1. The molecule has 3 aromatic rings. The second-order valence-electron chi connectivity index (χ2n) is 11.7. The lowest BCUT2D eigenvalue weighted by molar-refractivity contribution is -0.124. The van der Waals surface area contributed by atoms with Crippen molar-refractivity contribution in [1.29, 1.82) is 0 Å². The van der Waals surface area contributed by atoms with E-state index in [0.717, 1.165) is 39.9 Å². The summed E-state index contributed by atoms with van der Waals surface area (Å²) in [6.45, 7) is 0.803. The standard InChI is InChI=1S/C31H37N3O3/c35-18-25(20-37-19-21-5-2-1-3-6-21)32-29-10-9-26-27(33-29)7-4-8-28(26)34-30(36)17-31-14-22-11-23(15-31)13-24(12-22)16-31/h1-10,22-25,35H,11-20H2,(H,32,33)(H,34,36). The number of carbonyl (C=O) groups is 1. The highest BCUT2D eigenvalue weighted by atomic mass is 16.5. The number of anilines is 2. The Balaban J connectivity index is 1.08. The minimum atomic E-state index is -0.267. The van der Waals surface area contributed by atoms with Crippen LogP contribution in [0.1, 0.15) is 50.5 Å². The van der Waals surface area contributed by atoms with Gasteiger partial charge in [-0.2, -0.15) is 0 Å². The monoisotopic (exact) mass is 499 g/mol. The van der Waals surface area contributed by atoms with Crippen molar-refractivity contribution in [3.8, 4) is 0 Å². The Hall–Kier alpha value is -2.96. The van der Waals surface area contributed by atoms with Crippen LogP contribution < -0.4 is 10.6 Å². The third-order valence-electron chi connectivity index (χ3n) is 8.71. The molecule has 6 nitrogen and oxygen atoms in total. The first-order valence-electron chi connectivity index (χ1n) is 13.8. The number of nitrogens with one attached hydrogen (secondary N) is 2. The summed E-state index contributed by atoms with van der Waals surface area (Å²) in [5, 5.41) is 17.3. The van der Waals surface area contributed by atoms with Crippen molar-refractivity contribution >= 4 is 28.3 Å². The molecule has 0 radical (unpaired) electrons. The van der Waals surface area contributed by atoms with E-state index in [-0.39, 0.29) is 24.0 Å². The topological polar surface area (TPSA) is 83.5 Å². The zero-order valence-corrected chi connectivity index (χ0v) is 21.4. The summed E-state index contributed by atoms with van der Waals surface area (Å²) < 4.78 is 5.80. The summed E-state index contributed by atoms with van der Waals surface area (Å²) in [5.74, 6) is 3.34. The number of aromatic nitrogens is 1. The summed E-state index contributed by atoms with van der Waals surface area (Å²) in [7, 11) is 0. The lowest BCUT2D eigenvalue weighted by Gasteiger charge is -2.56. The Morgan fingerprint density at radius 2 is 1.70 bits per heavy atom. The van der Waals surface area contributed by atoms with Crippen molar-refractivity contribution in [3.05, 3.63) is 66.2 Å². The number of aliphatic hydroxyl groups is 1. The second-order valence-corrected chi connectivity index (χ2v) is 11.7. The molecule has 1 heterocycles. The van der Waals surface area contributed by atoms with Crippen LogP contribution in [0.5, 0.6) is 0 Å². The summed E-state index contributed by atoms with van der Waals surface area (Å²) in [6, 6.07) is 19.5. The third kappa shape index (κ3) is 5.51. The maximum Gasteiger partial charge on any atom is 0.224 e. The van der Waals surface area contributed by atoms with Crippen molar-refractivity contribution < 1.29 is 14.6 Å². The highest BCUT2D eigenvalue weighted by Gasteiger charge is 2.51. The minimum absolute atomic E-state index is 0.0606. The first-order valence-corrected chi connectivity index (χ1v) is 13.8. The Morgan fingerprint density at radius 3 is 2.41 bits per heavy atom. The molecule has 4 bridgehead atoms. The van der Waals surface area contributed by atoms with E-state index in [1.807, 2.05) is 60.7 Å². The predicted molar refractivity (Wildman–Crippen MR) is 146 cm³/mol. The van der Waals surface area contributed by atoms with E-state index in [1.165, 1.54) is 38.5 Å². The fraction of sp³-hybridized carbons (Fsp3) is 0.484. The van der Waals surface area contributed by atoms with Gasteiger partial charge in [0.2, 0.25) is 5.91 Å². The fourth-order valence-corrected chi connectivity index (χ4v) is 7.63. The van der Waals surface area contributed by atoms with Crippen LogP contribution in [0.3, 0.4) is 0 Å². The van der Waals surface area contributed by atoms with Gasteiger partial charge >= 0.3 is 0 Å². The average Bonchev–Trinajstić information content (AvgIpc) is 2.87. The van der Waals surface area contributed by atoms with Crippen LogP contribution >= 0.6 is 0 Å². The smallest absolute Gasteiger partial charge is 0.224 e. The van der Waals surface area contributed by atoms with Gasteiger partial charge in [0.15, 0.2) is 0 Å². The SMILES string of the molecule is O=C(CC12CC3CC(CC(C3)C1)C2)Nc1cccc2nc(NC(CO)COCc3ccccc3)ccc12. The van der Waals surface area contributed by atoms with E-state index < -0.39 is 0 Å². The molecule has 194 valence electrons. The zero-order valence-electron chi connectivity index (χ0n) is 21.4. The van der Waals surface area contributed by atoms with Gasteiger partial charge in [-0.25, -0.2) is 4.98 Å². The molecular weight excluding hydrogens is 462 g/mol. The van der Waals surface area contributed by atoms with Gasteiger partial charge in [0.05, 0.1) is 37.1 Å². The molecule has 3 N–H and O–H groups in total. The number of nitrogens with zero attached hydrogens (tertiary/aromatic N) is 1. The molecule has 6 heteroatoms. The molecule has 4 fully saturated rings. The number of amides is 1. The highest BCUT2D eigenvalue weighted by molar-refractivity contribution is 6.01. The molecule has 0 spiro atoms. The summed E-state index contributed by atoms with van der Waals surface area (Å²) in [4.78, 5) is 18.0. The van der Waals surface area contributed by atoms with Gasteiger partial charge in [-0.1, -0.05) is 36.4 Å². The molecule has 0 aliphatic heterocycles. The summed E-state index contributed by atoms with van der Waals surface area (Å²) in [6.07, 6.45) is 8.52. The molecule has 7 rings (SSSR count). The molecule has 1 atom stereocenters. The van der Waals surface area contributed by atoms with Crippen LogP contribution in [0.15, 0.2) is 60.7 Å². The van der Waals surface area contributed by atoms with Crippen LogP contribution in [0.25, 0.3) is 10.9 Å². The second kappa shape index (κ2) is 10.4. The van der Waals surface area contributed by atoms with Gasteiger partial charge in [0.25, 0.3) is 0 Å². The lowest BCUT2D eigenvalue weighted by atomic mass is 9.49. The van der Waals surface area contributed by atoms with Gasteiger partial charge in [-0.15, -0.1) is 0 Å². The van der Waals surface area contributed by atoms with Crippen molar-refractivity contribution in [2.75, 3.05) is 23.8 Å². The number of benzene rings is 2. The number of aliphatic hydroxyl groups excluding tert-OH is 1. The number of hydrogen-bond acceptors (Lipinski definition) is 5. The minimum Gasteiger partial charge on any atom is -0.394 e. The molecule has 2 aromatic carbocycles. The zero-order chi connectivity index (χ0) is 25.2. The van der Waals surface area contributed by atoms with Crippen LogP contribution in [-0.4, -0.2) is 35.3 Å². The Labute approximate surface area is 218 Å². The van der Waals surface area contributed by atoms with Crippen molar-refractivity contribution in [2.45, 2.75) is 57.6 Å². The Morgan fingerprint density at radius 1 is 0.973 bits per heavy atom. The molecule has 1 aromatic heterocycles. The first kappa shape index (κ1) is 24.4. The quantitative estimate of drug-likeness (QED) is 0.330. The Kier molecular flexibility index (Phi) is 6.87. The Bertz CT molecular complexity index is 1210. The maximum absolute atomic E-state index is 13.2. The molecule has 0 saturated heterocycles. The molecule has 4 saturated carbocycles. The number of pyridine rings is 1. The van der Waals surface area contributed by atoms with Crippen LogP contribution in [0.2, 0.25) is 0 Å². The highest BCUT2D eigenvalue weighted by Crippen LogP contribution is 2.61. The van der Waals surface area contributed by atoms with Gasteiger partial charge in [-0.3, -0.25) is 4.79 Å². The third-order valence-corrected chi connectivity index (χ3v) is 8.71. The van der Waals surface area contributed by atoms with Gasteiger partial charge in [0, 0.05) is 11.8 Å². The van der Waals surface area contributed by atoms with Gasteiger partial charge in [0.1, 0.15) is 5.82 Å². The van der Waals surface area contributed by atoms with E-state index >= 15 is 0 Å². The first-order chi connectivity index (χ1) is 18.1. The average molecular weight is 500 g/mol. The molecule has 37 heavy (non-hydrogen) atoms. The number of hydrogen-bond donors (Lipinski definition) is 3. The van der Waals surface area contributed by atoms with Crippen LogP contribution in [0.4, 0.5) is 11.5 Å². The molecule has 4 aliphatic rings. The van der Waals surface area contributed by atoms with E-state index in [9.17, 15) is 9.90 Å². The van der Waals surface area contributed by atoms with Crippen molar-refractivity contribution in [3.63, 3.8) is 0 Å². The maximum atomic E-state index is 13.2. The predicted octanol–water partition coefficient (Wildman–Crippen LogP) is 5.77. The van der Waals surface area contributed by atoms with Crippen LogP contribution in [0, 0.1) is 23.2 Å². The summed E-state index contributed by atoms with van der Waals surface area (Å²) in [5.41, 5.74) is 2.94. The summed E-state index contributed by atoms with van der Waals surface area (Å²) >= 11 is 0. The lowest BCUT2D eigenvalue weighted by Crippen LogP contribution is -2.47. The van der Waals surface area contributed by atoms with E-state index in [4.69, 9.17) is 9.72 Å². The number of fused-ring (bicyclic) bond motifs is 1. The van der Waals surface area contributed by atoms with E-state index in [2.05, 4.69) is 10.6 Å². The fourth-order valence-electron chi connectivity index (χ4n) is 7.63. The largest absolute Gasteiger partial charge is 0.394 e. The van der Waals surface area contributed by atoms with Crippen LogP contribution in [-0.2, 0) is 16.1 Å². The molecule has 1 unspecified atom stereocenters. The number of rotatable bonds is 10. The van der Waals surface area contributed by atoms with Crippen molar-refractivity contribution in [2.24, 2.45) is 23.2 Å². The molecule has 1 amide bonds. The van der Waals surface area contributed by atoms with Crippen molar-refractivity contribution in [1.82, 2.24) is 4.98 Å².